The van der Waals surface area contributed by atoms with Gasteiger partial charge < -0.3 is 14.2 Å². The van der Waals surface area contributed by atoms with Gasteiger partial charge in [0.1, 0.15) is 11.2 Å². The fourth-order valence-corrected chi connectivity index (χ4v) is 13.6. The maximum atomic E-state index is 7.09. The molecule has 0 unspecified atom stereocenters. The van der Waals surface area contributed by atoms with Crippen molar-refractivity contribution in [1.82, 2.24) is 0 Å². The lowest BCUT2D eigenvalue weighted by molar-refractivity contribution is 0.332. The monoisotopic (exact) mass is 869 g/mol. The fraction of sp³-hybridized carbons (Fsp3) is 0.419. The molecule has 336 valence electrons. The Morgan fingerprint density at radius 1 is 0.409 bits per heavy atom. The minimum atomic E-state index is 0.0126. The quantitative estimate of drug-likeness (QED) is 0.161. The molecule has 5 aliphatic rings. The van der Waals surface area contributed by atoms with Crippen LogP contribution >= 0.6 is 0 Å². The van der Waals surface area contributed by atoms with E-state index in [1.165, 1.54) is 144 Å². The Kier molecular flexibility index (Phi) is 8.48. The van der Waals surface area contributed by atoms with Crippen molar-refractivity contribution < 1.29 is 4.42 Å². The van der Waals surface area contributed by atoms with Crippen LogP contribution in [-0.4, -0.2) is 6.71 Å². The highest BCUT2D eigenvalue weighted by molar-refractivity contribution is 7.00. The van der Waals surface area contributed by atoms with Gasteiger partial charge in [0.05, 0.1) is 0 Å². The Morgan fingerprint density at radius 2 is 0.879 bits per heavy atom. The van der Waals surface area contributed by atoms with Crippen molar-refractivity contribution in [2.75, 3.05) is 9.80 Å². The van der Waals surface area contributed by atoms with E-state index >= 15 is 0 Å². The smallest absolute Gasteiger partial charge is 0.252 e. The van der Waals surface area contributed by atoms with Gasteiger partial charge >= 0.3 is 0 Å². The third kappa shape index (κ3) is 5.81. The maximum Gasteiger partial charge on any atom is 0.252 e. The summed E-state index contributed by atoms with van der Waals surface area (Å²) < 4.78 is 7.09. The van der Waals surface area contributed by atoms with Gasteiger partial charge in [-0.3, -0.25) is 0 Å². The zero-order valence-electron chi connectivity index (χ0n) is 42.3. The number of rotatable bonds is 2. The fourth-order valence-electron chi connectivity index (χ4n) is 13.6. The lowest BCUT2D eigenvalue weighted by Gasteiger charge is -2.48. The van der Waals surface area contributed by atoms with E-state index in [9.17, 15) is 0 Å². The van der Waals surface area contributed by atoms with Gasteiger partial charge in [-0.05, 0) is 194 Å². The van der Waals surface area contributed by atoms with Gasteiger partial charge in [0.15, 0.2) is 0 Å². The summed E-state index contributed by atoms with van der Waals surface area (Å²) in [5, 5.41) is 2.45. The Bertz CT molecular complexity index is 3260. The molecule has 4 heteroatoms. The normalized spacial score (nSPS) is 20.8. The van der Waals surface area contributed by atoms with E-state index in [1.54, 1.807) is 0 Å². The van der Waals surface area contributed by atoms with Crippen LogP contribution in [0.1, 0.15) is 166 Å². The Hall–Kier alpha value is -5.22. The predicted molar refractivity (Wildman–Crippen MR) is 283 cm³/mol. The second-order valence-corrected chi connectivity index (χ2v) is 25.5. The molecule has 6 aromatic carbocycles. The van der Waals surface area contributed by atoms with E-state index in [4.69, 9.17) is 4.42 Å². The van der Waals surface area contributed by atoms with Gasteiger partial charge in [0.25, 0.3) is 6.71 Å². The van der Waals surface area contributed by atoms with Gasteiger partial charge in [-0.1, -0.05) is 119 Å². The number of fused-ring (bicyclic) bond motifs is 10. The molecule has 0 bridgehead atoms. The molecule has 0 amide bonds. The first kappa shape index (κ1) is 42.2. The van der Waals surface area contributed by atoms with Gasteiger partial charge in [0.2, 0.25) is 0 Å². The van der Waals surface area contributed by atoms with Crippen molar-refractivity contribution in [3.63, 3.8) is 0 Å². The molecule has 12 rings (SSSR count). The lowest BCUT2D eigenvalue weighted by atomic mass is 9.33. The average Bonchev–Trinajstić information content (AvgIpc) is 3.61. The summed E-state index contributed by atoms with van der Waals surface area (Å²) in [6.45, 7) is 34.1. The second kappa shape index (κ2) is 13.3. The number of anilines is 6. The topological polar surface area (TPSA) is 19.6 Å². The van der Waals surface area contributed by atoms with Gasteiger partial charge in [-0.15, -0.1) is 0 Å². The summed E-state index contributed by atoms with van der Waals surface area (Å²) in [5.41, 5.74) is 25.6. The van der Waals surface area contributed by atoms with Crippen LogP contribution in [0.15, 0.2) is 95.4 Å². The van der Waals surface area contributed by atoms with Crippen LogP contribution in [0.2, 0.25) is 0 Å². The van der Waals surface area contributed by atoms with Crippen LogP contribution in [0.25, 0.3) is 21.9 Å². The van der Waals surface area contributed by atoms with E-state index in [0.717, 1.165) is 11.2 Å². The summed E-state index contributed by atoms with van der Waals surface area (Å²) in [7, 11) is 0. The number of aryl methyl sites for hydroxylation is 2. The van der Waals surface area contributed by atoms with Crippen LogP contribution in [0.5, 0.6) is 0 Å². The first-order chi connectivity index (χ1) is 31.0. The standard InChI is InChI=1S/C62H69BN2O/c1-36-27-52-56-53(28-36)65(49-18-16-15-17-37(49)2)51-35-55-40(39-30-43-46(34-54(39)66-55)62(13,14)26-23-59(43,7)8)31-47(51)63(56)48-32-44-45(61(11,12)25-24-60(44,9)10)33-50(48)64(52)38-19-20-41-42(29-38)58(5,6)22-21-57(41,3)4/h15-20,27-35H,21-26H2,1-14H3. The van der Waals surface area contributed by atoms with E-state index in [2.05, 4.69) is 198 Å². The van der Waals surface area contributed by atoms with E-state index in [1.807, 2.05) is 0 Å². The largest absolute Gasteiger partial charge is 0.456 e. The molecule has 0 N–H and O–H groups in total. The predicted octanol–water partition coefficient (Wildman–Crippen LogP) is 15.3. The number of benzene rings is 6. The molecule has 0 saturated heterocycles. The number of nitrogens with zero attached hydrogens (tertiary/aromatic N) is 2. The van der Waals surface area contributed by atoms with Crippen LogP contribution < -0.4 is 26.2 Å². The molecule has 3 heterocycles. The zero-order chi connectivity index (χ0) is 46.4. The highest BCUT2D eigenvalue weighted by atomic mass is 16.3. The second-order valence-electron chi connectivity index (χ2n) is 25.5. The highest BCUT2D eigenvalue weighted by Gasteiger charge is 2.48. The molecule has 0 saturated carbocycles. The van der Waals surface area contributed by atoms with Crippen LogP contribution in [0.4, 0.5) is 34.1 Å². The summed E-state index contributed by atoms with van der Waals surface area (Å²) in [5.74, 6) is 0. The first-order valence-corrected chi connectivity index (χ1v) is 25.2. The Labute approximate surface area is 395 Å². The van der Waals surface area contributed by atoms with E-state index < -0.39 is 0 Å². The van der Waals surface area contributed by atoms with Crippen molar-refractivity contribution in [2.45, 2.75) is 168 Å². The summed E-state index contributed by atoms with van der Waals surface area (Å²) >= 11 is 0. The first-order valence-electron chi connectivity index (χ1n) is 25.2. The Balaban J connectivity index is 1.21. The average molecular weight is 869 g/mol. The van der Waals surface area contributed by atoms with Crippen molar-refractivity contribution in [2.24, 2.45) is 0 Å². The number of hydrogen-bond donors (Lipinski definition) is 0. The number of furan rings is 1. The molecule has 0 atom stereocenters. The van der Waals surface area contributed by atoms with E-state index in [-0.39, 0.29) is 39.2 Å². The summed E-state index contributed by atoms with van der Waals surface area (Å²) in [4.78, 5) is 5.28. The summed E-state index contributed by atoms with van der Waals surface area (Å²) in [6, 6.07) is 36.7. The third-order valence-corrected chi connectivity index (χ3v) is 18.2. The molecule has 2 aliphatic heterocycles. The molecule has 3 nitrogen and oxygen atoms in total. The maximum absolute atomic E-state index is 7.09. The van der Waals surface area contributed by atoms with E-state index in [0.29, 0.717) is 0 Å². The SMILES string of the molecule is Cc1cc2c3c(c1)N(c1ccccc1C)c1cc4oc5cc6c(cc5c4cc1B3c1cc3c(cc1N2c1ccc2c(c1)C(C)(C)CCC2(C)C)C(C)(C)CCC3(C)C)C(C)(C)CCC6(C)C. The minimum absolute atomic E-state index is 0.0126. The minimum Gasteiger partial charge on any atom is -0.456 e. The lowest BCUT2D eigenvalue weighted by Crippen LogP contribution is -2.62. The number of hydrogen-bond acceptors (Lipinski definition) is 3. The molecule has 66 heavy (non-hydrogen) atoms. The highest BCUT2D eigenvalue weighted by Crippen LogP contribution is 2.54. The summed E-state index contributed by atoms with van der Waals surface area (Å²) in [6.07, 6.45) is 7.09. The van der Waals surface area contributed by atoms with Crippen LogP contribution in [0, 0.1) is 13.8 Å². The van der Waals surface area contributed by atoms with Crippen molar-refractivity contribution in [1.29, 1.82) is 0 Å². The van der Waals surface area contributed by atoms with Crippen molar-refractivity contribution in [3.05, 3.63) is 136 Å². The van der Waals surface area contributed by atoms with Crippen molar-refractivity contribution >= 4 is 79.2 Å². The molecule has 0 radical (unpaired) electrons. The molecular formula is C62H69BN2O. The van der Waals surface area contributed by atoms with Gasteiger partial charge in [0, 0.05) is 51.0 Å². The molecule has 0 fully saturated rings. The molecule has 7 aromatic rings. The molecular weight excluding hydrogens is 800 g/mol. The van der Waals surface area contributed by atoms with Gasteiger partial charge in [-0.25, -0.2) is 0 Å². The van der Waals surface area contributed by atoms with Crippen molar-refractivity contribution in [3.8, 4) is 0 Å². The third-order valence-electron chi connectivity index (χ3n) is 18.2. The Morgan fingerprint density at radius 3 is 1.50 bits per heavy atom. The molecule has 1 aromatic heterocycles. The van der Waals surface area contributed by atoms with Crippen LogP contribution in [-0.2, 0) is 32.5 Å². The van der Waals surface area contributed by atoms with Crippen LogP contribution in [0.3, 0.4) is 0 Å². The van der Waals surface area contributed by atoms with Gasteiger partial charge in [-0.2, -0.15) is 0 Å². The zero-order valence-corrected chi connectivity index (χ0v) is 42.3. The molecule has 0 spiro atoms. The number of para-hydroxylation sites is 1. The molecule has 3 aliphatic carbocycles.